The van der Waals surface area contributed by atoms with Crippen molar-refractivity contribution in [2.45, 2.75) is 43.6 Å². The average Bonchev–Trinajstić information content (AvgIpc) is 3.38. The molecule has 1 amide bonds. The fourth-order valence-corrected chi connectivity index (χ4v) is 6.81. The predicted octanol–water partition coefficient (Wildman–Crippen LogP) is 3.29. The first kappa shape index (κ1) is 21.3. The number of rotatable bonds is 4. The van der Waals surface area contributed by atoms with Gasteiger partial charge in [0, 0.05) is 42.7 Å². The highest BCUT2D eigenvalue weighted by Crippen LogP contribution is 2.50. The fraction of sp³-hybridized carbons (Fsp3) is 0.480. The minimum Gasteiger partial charge on any atom is -0.369 e. The van der Waals surface area contributed by atoms with Crippen LogP contribution in [0.15, 0.2) is 54.6 Å². The molecule has 6 nitrogen and oxygen atoms in total. The zero-order chi connectivity index (χ0) is 22.3. The summed E-state index contributed by atoms with van der Waals surface area (Å²) in [5.74, 6) is 0.164. The molecule has 7 heteroatoms. The van der Waals surface area contributed by atoms with E-state index < -0.39 is 10.0 Å². The van der Waals surface area contributed by atoms with Crippen LogP contribution >= 0.6 is 0 Å². The van der Waals surface area contributed by atoms with Crippen LogP contribution in [0, 0.1) is 5.92 Å². The second kappa shape index (κ2) is 8.10. The Kier molecular flexibility index (Phi) is 5.40. The standard InChI is InChI=1S/C25H31N3O3S/c1-32(30,31)28-18-25(22-9-5-6-10-23(22)28)14-11-19(12-15-25)24(29)26-20-13-16-27(17-20)21-7-3-2-4-8-21/h2-10,19-20H,11-18H2,1H3,(H,26,29)/t19?,20-,25?/m1/s1. The Morgan fingerprint density at radius 2 is 1.69 bits per heavy atom. The number of para-hydroxylation sites is 2. The lowest BCUT2D eigenvalue weighted by Gasteiger charge is -2.37. The molecule has 1 atom stereocenters. The van der Waals surface area contributed by atoms with E-state index in [1.165, 1.54) is 11.9 Å². The molecule has 1 saturated carbocycles. The number of nitrogens with one attached hydrogen (secondary N) is 1. The molecule has 0 unspecified atom stereocenters. The quantitative estimate of drug-likeness (QED) is 0.771. The van der Waals surface area contributed by atoms with Gasteiger partial charge in [0.25, 0.3) is 0 Å². The lowest BCUT2D eigenvalue weighted by Crippen LogP contribution is -2.44. The van der Waals surface area contributed by atoms with Gasteiger partial charge in [-0.05, 0) is 55.9 Å². The molecule has 2 aromatic carbocycles. The molecule has 170 valence electrons. The van der Waals surface area contributed by atoms with Crippen LogP contribution in [0.4, 0.5) is 11.4 Å². The molecule has 0 aromatic heterocycles. The molecule has 2 aliphatic heterocycles. The monoisotopic (exact) mass is 453 g/mol. The second-order valence-corrected chi connectivity index (χ2v) is 11.5. The Morgan fingerprint density at radius 1 is 1.00 bits per heavy atom. The highest BCUT2D eigenvalue weighted by atomic mass is 32.2. The highest BCUT2D eigenvalue weighted by molar-refractivity contribution is 7.92. The van der Waals surface area contributed by atoms with Crippen molar-refractivity contribution in [3.8, 4) is 0 Å². The van der Waals surface area contributed by atoms with Crippen molar-refractivity contribution >= 4 is 27.3 Å². The molecule has 5 rings (SSSR count). The fourth-order valence-electron chi connectivity index (χ4n) is 5.81. The third-order valence-electron chi connectivity index (χ3n) is 7.56. The molecule has 0 bridgehead atoms. The van der Waals surface area contributed by atoms with Crippen molar-refractivity contribution in [2.75, 3.05) is 35.1 Å². The molecule has 0 radical (unpaired) electrons. The topological polar surface area (TPSA) is 69.7 Å². The second-order valence-electron chi connectivity index (χ2n) is 9.62. The minimum absolute atomic E-state index is 0.00541. The number of benzene rings is 2. The van der Waals surface area contributed by atoms with Gasteiger partial charge in [-0.1, -0.05) is 36.4 Å². The number of nitrogens with zero attached hydrogens (tertiary/aromatic N) is 2. The SMILES string of the molecule is CS(=O)(=O)N1CC2(CCC(C(=O)N[C@@H]3CCN(c4ccccc4)C3)CC2)c2ccccc21. The van der Waals surface area contributed by atoms with E-state index in [0.29, 0.717) is 6.54 Å². The van der Waals surface area contributed by atoms with Crippen molar-refractivity contribution in [1.29, 1.82) is 0 Å². The van der Waals surface area contributed by atoms with E-state index in [2.05, 4.69) is 28.4 Å². The van der Waals surface area contributed by atoms with Crippen LogP contribution in [-0.2, 0) is 20.2 Å². The summed E-state index contributed by atoms with van der Waals surface area (Å²) in [6, 6.07) is 18.4. The van der Waals surface area contributed by atoms with Crippen LogP contribution < -0.4 is 14.5 Å². The molecule has 1 aliphatic carbocycles. The summed E-state index contributed by atoms with van der Waals surface area (Å²) in [6.07, 6.45) is 5.53. The molecule has 1 N–H and O–H groups in total. The molecular weight excluding hydrogens is 422 g/mol. The van der Waals surface area contributed by atoms with Gasteiger partial charge in [-0.15, -0.1) is 0 Å². The first-order valence-electron chi connectivity index (χ1n) is 11.5. The molecule has 2 fully saturated rings. The minimum atomic E-state index is -3.32. The Morgan fingerprint density at radius 3 is 2.41 bits per heavy atom. The zero-order valence-electron chi connectivity index (χ0n) is 18.5. The van der Waals surface area contributed by atoms with Crippen LogP contribution in [0.5, 0.6) is 0 Å². The van der Waals surface area contributed by atoms with Crippen molar-refractivity contribution in [1.82, 2.24) is 5.32 Å². The molecule has 32 heavy (non-hydrogen) atoms. The van der Waals surface area contributed by atoms with Gasteiger partial charge in [0.1, 0.15) is 0 Å². The van der Waals surface area contributed by atoms with Gasteiger partial charge in [-0.25, -0.2) is 8.42 Å². The van der Waals surface area contributed by atoms with Crippen molar-refractivity contribution in [2.24, 2.45) is 5.92 Å². The van der Waals surface area contributed by atoms with Gasteiger partial charge in [0.15, 0.2) is 0 Å². The van der Waals surface area contributed by atoms with Crippen molar-refractivity contribution < 1.29 is 13.2 Å². The molecule has 3 aliphatic rings. The Labute approximate surface area is 190 Å². The number of fused-ring (bicyclic) bond motifs is 2. The number of carbonyl (C=O) groups excluding carboxylic acids is 1. The van der Waals surface area contributed by atoms with E-state index in [9.17, 15) is 13.2 Å². The number of hydrogen-bond acceptors (Lipinski definition) is 4. The number of amides is 1. The van der Waals surface area contributed by atoms with Gasteiger partial charge in [0.2, 0.25) is 15.9 Å². The Bertz CT molecular complexity index is 1090. The van der Waals surface area contributed by atoms with Crippen LogP contribution in [-0.4, -0.2) is 46.3 Å². The van der Waals surface area contributed by atoms with E-state index >= 15 is 0 Å². The van der Waals surface area contributed by atoms with Crippen molar-refractivity contribution in [3.05, 3.63) is 60.2 Å². The Balaban J connectivity index is 1.21. The maximum atomic E-state index is 13.0. The predicted molar refractivity (Wildman–Crippen MR) is 127 cm³/mol. The number of hydrogen-bond donors (Lipinski definition) is 1. The smallest absolute Gasteiger partial charge is 0.232 e. The summed E-state index contributed by atoms with van der Waals surface area (Å²) in [6.45, 7) is 2.30. The van der Waals surface area contributed by atoms with Gasteiger partial charge in [-0.3, -0.25) is 9.10 Å². The maximum Gasteiger partial charge on any atom is 0.232 e. The summed E-state index contributed by atoms with van der Waals surface area (Å²) in [4.78, 5) is 15.4. The summed E-state index contributed by atoms with van der Waals surface area (Å²) < 4.78 is 26.3. The average molecular weight is 454 g/mol. The van der Waals surface area contributed by atoms with Crippen molar-refractivity contribution in [3.63, 3.8) is 0 Å². The van der Waals surface area contributed by atoms with Crippen LogP contribution in [0.1, 0.15) is 37.7 Å². The van der Waals surface area contributed by atoms with Gasteiger partial charge in [-0.2, -0.15) is 0 Å². The third-order valence-corrected chi connectivity index (χ3v) is 8.69. The maximum absolute atomic E-state index is 13.0. The number of sulfonamides is 1. The van der Waals surface area contributed by atoms with E-state index in [1.54, 1.807) is 4.31 Å². The van der Waals surface area contributed by atoms with Gasteiger partial charge >= 0.3 is 0 Å². The highest BCUT2D eigenvalue weighted by Gasteiger charge is 2.48. The third kappa shape index (κ3) is 3.87. The molecule has 1 saturated heterocycles. The summed E-state index contributed by atoms with van der Waals surface area (Å²) in [5, 5.41) is 3.29. The van der Waals surface area contributed by atoms with Gasteiger partial charge in [0.05, 0.1) is 11.9 Å². The Hall–Kier alpha value is -2.54. The zero-order valence-corrected chi connectivity index (χ0v) is 19.4. The first-order chi connectivity index (χ1) is 15.4. The van der Waals surface area contributed by atoms with Crippen LogP contribution in [0.25, 0.3) is 0 Å². The molecule has 1 spiro atoms. The lowest BCUT2D eigenvalue weighted by molar-refractivity contribution is -0.126. The molecule has 2 heterocycles. The summed E-state index contributed by atoms with van der Waals surface area (Å²) in [7, 11) is -3.32. The van der Waals surface area contributed by atoms with E-state index in [-0.39, 0.29) is 23.3 Å². The van der Waals surface area contributed by atoms with E-state index in [0.717, 1.165) is 56.4 Å². The summed E-state index contributed by atoms with van der Waals surface area (Å²) in [5.41, 5.74) is 2.97. The van der Waals surface area contributed by atoms with Crippen LogP contribution in [0.3, 0.4) is 0 Å². The molecule has 2 aromatic rings. The van der Waals surface area contributed by atoms with Crippen LogP contribution in [0.2, 0.25) is 0 Å². The number of carbonyl (C=O) groups is 1. The van der Waals surface area contributed by atoms with E-state index in [4.69, 9.17) is 0 Å². The normalized spacial score (nSPS) is 27.5. The van der Waals surface area contributed by atoms with E-state index in [1.807, 2.05) is 36.4 Å². The largest absolute Gasteiger partial charge is 0.369 e. The lowest BCUT2D eigenvalue weighted by atomic mass is 9.67. The first-order valence-corrected chi connectivity index (χ1v) is 13.4. The van der Waals surface area contributed by atoms with Gasteiger partial charge < -0.3 is 10.2 Å². The molecular formula is C25H31N3O3S. The summed E-state index contributed by atoms with van der Waals surface area (Å²) >= 11 is 0. The number of anilines is 2.